The molecule has 3 aliphatic rings. The number of alkyl halides is 3. The molecule has 1 amide bonds. The number of amides is 1. The summed E-state index contributed by atoms with van der Waals surface area (Å²) < 4.78 is 37.4. The monoisotopic (exact) mass is 462 g/mol. The first-order chi connectivity index (χ1) is 14.6. The van der Waals surface area contributed by atoms with Crippen LogP contribution in [-0.2, 0) is 20.9 Å². The SMILES string of the molecule is Cc1ccc(CN2CCC3(CCOCC3NC(=O)C3CC3)CC2)s1.O=C(O)C(F)(F)F. The van der Waals surface area contributed by atoms with E-state index in [4.69, 9.17) is 14.6 Å². The number of aryl methyl sites for hydroxylation is 1. The Labute approximate surface area is 183 Å². The molecule has 6 nitrogen and oxygen atoms in total. The standard InChI is InChI=1S/C19H28N2O2S.C2HF3O2/c1-14-2-5-16(24-14)12-21-9-6-19(7-10-21)8-11-23-13-17(19)20-18(22)15-3-4-15;3-2(4,5)1(6)7/h2,5,15,17H,3-4,6-13H2,1H3,(H,20,22);(H,6,7). The molecule has 174 valence electrons. The van der Waals surface area contributed by atoms with Crippen LogP contribution in [0, 0.1) is 18.3 Å². The van der Waals surface area contributed by atoms with E-state index in [0.717, 1.165) is 45.5 Å². The number of aliphatic carboxylic acids is 1. The predicted molar refractivity (Wildman–Crippen MR) is 110 cm³/mol. The van der Waals surface area contributed by atoms with E-state index < -0.39 is 12.1 Å². The zero-order valence-corrected chi connectivity index (χ0v) is 18.4. The predicted octanol–water partition coefficient (Wildman–Crippen LogP) is 3.59. The minimum atomic E-state index is -5.08. The van der Waals surface area contributed by atoms with E-state index in [1.807, 2.05) is 11.3 Å². The van der Waals surface area contributed by atoms with Crippen LogP contribution in [-0.4, -0.2) is 60.4 Å². The number of carbonyl (C=O) groups is 2. The number of ether oxygens (including phenoxy) is 1. The minimum absolute atomic E-state index is 0.213. The van der Waals surface area contributed by atoms with Gasteiger partial charge in [0.2, 0.25) is 5.91 Å². The number of carboxylic acids is 1. The maximum absolute atomic E-state index is 12.2. The Kier molecular flexibility index (Phi) is 7.64. The van der Waals surface area contributed by atoms with Crippen molar-refractivity contribution >= 4 is 23.2 Å². The van der Waals surface area contributed by atoms with Gasteiger partial charge in [0.25, 0.3) is 0 Å². The van der Waals surface area contributed by atoms with Crippen molar-refractivity contribution in [3.8, 4) is 0 Å². The highest BCUT2D eigenvalue weighted by atomic mass is 32.1. The van der Waals surface area contributed by atoms with Gasteiger partial charge in [0.05, 0.1) is 12.6 Å². The number of rotatable bonds is 4. The highest BCUT2D eigenvalue weighted by Crippen LogP contribution is 2.42. The first kappa shape index (κ1) is 24.0. The Balaban J connectivity index is 0.000000339. The summed E-state index contributed by atoms with van der Waals surface area (Å²) in [6.45, 7) is 7.06. The molecule has 2 saturated heterocycles. The average Bonchev–Trinajstić information content (AvgIpc) is 3.48. The second-order valence-corrected chi connectivity index (χ2v) is 9.99. The number of nitrogens with one attached hydrogen (secondary N) is 1. The van der Waals surface area contributed by atoms with Crippen LogP contribution in [0.5, 0.6) is 0 Å². The van der Waals surface area contributed by atoms with Crippen LogP contribution < -0.4 is 5.32 Å². The second kappa shape index (κ2) is 9.87. The van der Waals surface area contributed by atoms with Crippen molar-refractivity contribution in [2.75, 3.05) is 26.3 Å². The van der Waals surface area contributed by atoms with Crippen molar-refractivity contribution < 1.29 is 32.6 Å². The van der Waals surface area contributed by atoms with Gasteiger partial charge in [-0.15, -0.1) is 11.3 Å². The zero-order valence-electron chi connectivity index (χ0n) is 17.5. The summed E-state index contributed by atoms with van der Waals surface area (Å²) in [5, 5.41) is 10.5. The summed E-state index contributed by atoms with van der Waals surface area (Å²) in [6, 6.07) is 4.69. The van der Waals surface area contributed by atoms with Crippen LogP contribution >= 0.6 is 11.3 Å². The first-order valence-electron chi connectivity index (χ1n) is 10.5. The van der Waals surface area contributed by atoms with Gasteiger partial charge in [-0.2, -0.15) is 13.2 Å². The fraction of sp³-hybridized carbons (Fsp3) is 0.714. The van der Waals surface area contributed by atoms with Crippen molar-refractivity contribution in [3.05, 3.63) is 21.9 Å². The van der Waals surface area contributed by atoms with E-state index in [-0.39, 0.29) is 23.3 Å². The number of likely N-dealkylation sites (tertiary alicyclic amines) is 1. The molecule has 1 atom stereocenters. The number of piperidine rings is 1. The van der Waals surface area contributed by atoms with Crippen molar-refractivity contribution in [1.82, 2.24) is 10.2 Å². The molecule has 2 aliphatic heterocycles. The molecule has 10 heteroatoms. The number of hydrogen-bond donors (Lipinski definition) is 2. The number of thiophene rings is 1. The van der Waals surface area contributed by atoms with Gasteiger partial charge < -0.3 is 15.2 Å². The molecular weight excluding hydrogens is 433 g/mol. The van der Waals surface area contributed by atoms with Gasteiger partial charge in [0, 0.05) is 28.8 Å². The van der Waals surface area contributed by atoms with E-state index in [0.29, 0.717) is 6.61 Å². The lowest BCUT2D eigenvalue weighted by atomic mass is 9.69. The molecule has 1 saturated carbocycles. The van der Waals surface area contributed by atoms with Crippen LogP contribution in [0.2, 0.25) is 0 Å². The number of carbonyl (C=O) groups excluding carboxylic acids is 1. The molecule has 3 heterocycles. The Bertz CT molecular complexity index is 771. The number of hydrogen-bond acceptors (Lipinski definition) is 5. The van der Waals surface area contributed by atoms with Crippen LogP contribution in [0.1, 0.15) is 41.9 Å². The average molecular weight is 463 g/mol. The van der Waals surface area contributed by atoms with Crippen LogP contribution in [0.15, 0.2) is 12.1 Å². The Hall–Kier alpha value is -1.65. The molecule has 0 bridgehead atoms. The van der Waals surface area contributed by atoms with E-state index in [2.05, 4.69) is 29.3 Å². The first-order valence-corrected chi connectivity index (χ1v) is 11.4. The summed E-state index contributed by atoms with van der Waals surface area (Å²) in [5.74, 6) is -2.21. The molecule has 4 rings (SSSR count). The van der Waals surface area contributed by atoms with Gasteiger partial charge in [-0.1, -0.05) is 0 Å². The van der Waals surface area contributed by atoms with Crippen molar-refractivity contribution in [2.24, 2.45) is 11.3 Å². The number of carboxylic acid groups (broad SMARTS) is 1. The Morgan fingerprint density at radius 2 is 1.90 bits per heavy atom. The van der Waals surface area contributed by atoms with Crippen molar-refractivity contribution in [1.29, 1.82) is 0 Å². The van der Waals surface area contributed by atoms with Gasteiger partial charge >= 0.3 is 12.1 Å². The zero-order chi connectivity index (χ0) is 22.6. The summed E-state index contributed by atoms with van der Waals surface area (Å²) >= 11 is 1.91. The molecule has 2 N–H and O–H groups in total. The molecule has 1 unspecified atom stereocenters. The van der Waals surface area contributed by atoms with Crippen LogP contribution in [0.3, 0.4) is 0 Å². The fourth-order valence-electron chi connectivity index (χ4n) is 4.20. The van der Waals surface area contributed by atoms with Gasteiger partial charge in [-0.25, -0.2) is 4.79 Å². The van der Waals surface area contributed by atoms with Crippen molar-refractivity contribution in [2.45, 2.75) is 57.8 Å². The summed E-state index contributed by atoms with van der Waals surface area (Å²) in [6.07, 6.45) is 0.502. The molecule has 0 radical (unpaired) electrons. The van der Waals surface area contributed by atoms with Gasteiger partial charge in [0.15, 0.2) is 0 Å². The third kappa shape index (κ3) is 6.66. The highest BCUT2D eigenvalue weighted by Gasteiger charge is 2.45. The Morgan fingerprint density at radius 1 is 1.26 bits per heavy atom. The fourth-order valence-corrected chi connectivity index (χ4v) is 5.14. The summed E-state index contributed by atoms with van der Waals surface area (Å²) in [5.41, 5.74) is 0.255. The van der Waals surface area contributed by atoms with E-state index >= 15 is 0 Å². The van der Waals surface area contributed by atoms with E-state index in [9.17, 15) is 18.0 Å². The lowest BCUT2D eigenvalue weighted by molar-refractivity contribution is -0.192. The van der Waals surface area contributed by atoms with Gasteiger partial charge in [0.1, 0.15) is 0 Å². The third-order valence-corrected chi connectivity index (χ3v) is 7.29. The quantitative estimate of drug-likeness (QED) is 0.715. The normalized spacial score (nSPS) is 23.7. The molecule has 31 heavy (non-hydrogen) atoms. The topological polar surface area (TPSA) is 78.9 Å². The van der Waals surface area contributed by atoms with Gasteiger partial charge in [-0.05, 0) is 69.7 Å². The maximum atomic E-state index is 12.2. The third-order valence-electron chi connectivity index (χ3n) is 6.30. The summed E-state index contributed by atoms with van der Waals surface area (Å²) in [7, 11) is 0. The molecule has 1 aliphatic carbocycles. The molecule has 0 aromatic carbocycles. The van der Waals surface area contributed by atoms with Crippen LogP contribution in [0.4, 0.5) is 13.2 Å². The lowest BCUT2D eigenvalue weighted by Gasteiger charge is -2.49. The Morgan fingerprint density at radius 3 is 2.42 bits per heavy atom. The molecule has 1 spiro atoms. The smallest absolute Gasteiger partial charge is 0.475 e. The maximum Gasteiger partial charge on any atom is 0.490 e. The molecule has 1 aromatic heterocycles. The van der Waals surface area contributed by atoms with Crippen LogP contribution in [0.25, 0.3) is 0 Å². The largest absolute Gasteiger partial charge is 0.490 e. The molecule has 1 aromatic rings. The van der Waals surface area contributed by atoms with E-state index in [1.54, 1.807) is 0 Å². The lowest BCUT2D eigenvalue weighted by Crippen LogP contribution is -2.57. The van der Waals surface area contributed by atoms with Gasteiger partial charge in [-0.3, -0.25) is 9.69 Å². The van der Waals surface area contributed by atoms with E-state index in [1.165, 1.54) is 22.6 Å². The highest BCUT2D eigenvalue weighted by molar-refractivity contribution is 7.11. The number of nitrogens with zero attached hydrogens (tertiary/aromatic N) is 1. The van der Waals surface area contributed by atoms with Crippen molar-refractivity contribution in [3.63, 3.8) is 0 Å². The summed E-state index contributed by atoms with van der Waals surface area (Å²) in [4.78, 5) is 26.6. The number of halogens is 3. The molecular formula is C21H29F3N2O4S. The second-order valence-electron chi connectivity index (χ2n) is 8.61. The molecule has 3 fully saturated rings. The minimum Gasteiger partial charge on any atom is -0.475 e.